The van der Waals surface area contributed by atoms with Crippen LogP contribution in [0.4, 0.5) is 13.2 Å². The lowest BCUT2D eigenvalue weighted by atomic mass is 10.1. The van der Waals surface area contributed by atoms with Crippen molar-refractivity contribution in [3.8, 4) is 11.9 Å². The molecule has 0 saturated carbocycles. The first-order chi connectivity index (χ1) is 9.23. The molecule has 9 heteroatoms. The van der Waals surface area contributed by atoms with Gasteiger partial charge in [-0.25, -0.2) is 4.98 Å². The van der Waals surface area contributed by atoms with Crippen LogP contribution in [0.3, 0.4) is 0 Å². The summed E-state index contributed by atoms with van der Waals surface area (Å²) in [5, 5.41) is 9.56. The molecule has 20 heavy (non-hydrogen) atoms. The van der Waals surface area contributed by atoms with Crippen LogP contribution < -0.4 is 4.18 Å². The van der Waals surface area contributed by atoms with E-state index in [0.29, 0.717) is 16.3 Å². The predicted molar refractivity (Wildman–Crippen MR) is 62.1 cm³/mol. The first-order valence-electron chi connectivity index (χ1n) is 5.03. The van der Waals surface area contributed by atoms with Gasteiger partial charge < -0.3 is 4.18 Å². The highest BCUT2D eigenvalue weighted by Crippen LogP contribution is 2.27. The lowest BCUT2D eigenvalue weighted by molar-refractivity contribution is -0.0501. The van der Waals surface area contributed by atoms with Crippen molar-refractivity contribution in [2.24, 2.45) is 0 Å². The van der Waals surface area contributed by atoms with Gasteiger partial charge in [0.25, 0.3) is 0 Å². The molecule has 0 radical (unpaired) electrons. The maximum atomic E-state index is 12.2. The highest BCUT2D eigenvalue weighted by Gasteiger charge is 2.48. The molecular weight excluding hydrogens is 297 g/mol. The fourth-order valence-corrected chi connectivity index (χ4v) is 1.81. The Labute approximate surface area is 111 Å². The highest BCUT2D eigenvalue weighted by molar-refractivity contribution is 7.87. The Morgan fingerprint density at radius 1 is 1.20 bits per heavy atom. The normalized spacial score (nSPS) is 12.1. The van der Waals surface area contributed by atoms with Crippen molar-refractivity contribution in [1.82, 2.24) is 4.98 Å². The van der Waals surface area contributed by atoms with Crippen LogP contribution in [0.15, 0.2) is 30.5 Å². The topological polar surface area (TPSA) is 80.0 Å². The zero-order valence-corrected chi connectivity index (χ0v) is 10.4. The van der Waals surface area contributed by atoms with Gasteiger partial charge in [-0.2, -0.15) is 26.9 Å². The largest absolute Gasteiger partial charge is 0.534 e. The Bertz CT molecular complexity index is 810. The third-order valence-electron chi connectivity index (χ3n) is 2.30. The van der Waals surface area contributed by atoms with Gasteiger partial charge >= 0.3 is 15.6 Å². The fourth-order valence-electron chi connectivity index (χ4n) is 1.40. The monoisotopic (exact) mass is 302 g/mol. The molecule has 2 aromatic rings. The summed E-state index contributed by atoms with van der Waals surface area (Å²) in [6.07, 6.45) is 1.12. The van der Waals surface area contributed by atoms with Crippen molar-refractivity contribution in [3.63, 3.8) is 0 Å². The summed E-state index contributed by atoms with van der Waals surface area (Å²) in [7, 11) is -5.75. The molecule has 0 atom stereocenters. The van der Waals surface area contributed by atoms with Crippen molar-refractivity contribution < 1.29 is 25.8 Å². The van der Waals surface area contributed by atoms with E-state index in [1.165, 1.54) is 18.2 Å². The second-order valence-electron chi connectivity index (χ2n) is 3.68. The molecule has 0 N–H and O–H groups in total. The summed E-state index contributed by atoms with van der Waals surface area (Å²) in [6, 6.07) is 7.27. The van der Waals surface area contributed by atoms with Gasteiger partial charge in [-0.15, -0.1) is 0 Å². The Kier molecular flexibility index (Phi) is 3.27. The molecule has 5 nitrogen and oxygen atoms in total. The Balaban J connectivity index is 2.42. The molecule has 0 aliphatic rings. The van der Waals surface area contributed by atoms with E-state index in [0.717, 1.165) is 12.3 Å². The van der Waals surface area contributed by atoms with E-state index in [9.17, 15) is 21.6 Å². The third-order valence-corrected chi connectivity index (χ3v) is 3.26. The van der Waals surface area contributed by atoms with Crippen LogP contribution in [0.2, 0.25) is 0 Å². The first kappa shape index (κ1) is 14.1. The number of fused-ring (bicyclic) bond motifs is 1. The number of benzene rings is 1. The summed E-state index contributed by atoms with van der Waals surface area (Å²) in [4.78, 5) is 3.47. The number of halogens is 3. The van der Waals surface area contributed by atoms with Crippen molar-refractivity contribution in [2.45, 2.75) is 5.51 Å². The van der Waals surface area contributed by atoms with Crippen LogP contribution >= 0.6 is 0 Å². The summed E-state index contributed by atoms with van der Waals surface area (Å²) in [6.45, 7) is 0. The average Bonchev–Trinajstić information content (AvgIpc) is 2.36. The van der Waals surface area contributed by atoms with Gasteiger partial charge in [0.05, 0.1) is 11.6 Å². The van der Waals surface area contributed by atoms with Gasteiger partial charge in [-0.3, -0.25) is 0 Å². The summed E-state index contributed by atoms with van der Waals surface area (Å²) < 4.78 is 62.0. The minimum atomic E-state index is -5.75. The van der Waals surface area contributed by atoms with Gasteiger partial charge in [0, 0.05) is 17.6 Å². The maximum Gasteiger partial charge on any atom is 0.534 e. The Morgan fingerprint density at radius 2 is 1.90 bits per heavy atom. The van der Waals surface area contributed by atoms with Crippen LogP contribution in [0.1, 0.15) is 5.56 Å². The van der Waals surface area contributed by atoms with Crippen LogP contribution in [0.25, 0.3) is 10.8 Å². The van der Waals surface area contributed by atoms with E-state index < -0.39 is 21.5 Å². The number of hydrogen-bond donors (Lipinski definition) is 0. The second kappa shape index (κ2) is 4.64. The Hall–Kier alpha value is -2.34. The molecule has 1 aromatic heterocycles. The van der Waals surface area contributed by atoms with Crippen LogP contribution in [-0.2, 0) is 10.1 Å². The van der Waals surface area contributed by atoms with E-state index in [-0.39, 0.29) is 0 Å². The molecule has 0 saturated heterocycles. The van der Waals surface area contributed by atoms with Gasteiger partial charge in [-0.1, -0.05) is 6.07 Å². The summed E-state index contributed by atoms with van der Waals surface area (Å²) >= 11 is 0. The number of aromatic nitrogens is 1. The molecule has 0 aliphatic heterocycles. The third kappa shape index (κ3) is 2.65. The van der Waals surface area contributed by atoms with Crippen molar-refractivity contribution in [3.05, 3.63) is 36.0 Å². The maximum absolute atomic E-state index is 12.2. The number of rotatable bonds is 2. The van der Waals surface area contributed by atoms with Gasteiger partial charge in [0.2, 0.25) is 5.88 Å². The lowest BCUT2D eigenvalue weighted by Crippen LogP contribution is -2.28. The molecular formula is C11H5F3N2O3S. The SMILES string of the molecule is N#Cc1ccc2cc(OS(=O)(=O)C(F)(F)F)ncc2c1. The van der Waals surface area contributed by atoms with E-state index in [1.54, 1.807) is 0 Å². The number of hydrogen-bond acceptors (Lipinski definition) is 5. The zero-order valence-electron chi connectivity index (χ0n) is 9.55. The van der Waals surface area contributed by atoms with E-state index in [2.05, 4.69) is 9.17 Å². The highest BCUT2D eigenvalue weighted by atomic mass is 32.2. The molecule has 1 aromatic carbocycles. The minimum Gasteiger partial charge on any atom is -0.355 e. The minimum absolute atomic E-state index is 0.343. The van der Waals surface area contributed by atoms with Crippen LogP contribution in [-0.4, -0.2) is 18.9 Å². The molecule has 0 fully saturated rings. The molecule has 104 valence electrons. The predicted octanol–water partition coefficient (Wildman–Crippen LogP) is 2.33. The zero-order chi connectivity index (χ0) is 15.0. The van der Waals surface area contributed by atoms with Gasteiger partial charge in [0.1, 0.15) is 0 Å². The van der Waals surface area contributed by atoms with Crippen molar-refractivity contribution >= 4 is 20.9 Å². The quantitative estimate of drug-likeness (QED) is 0.628. The van der Waals surface area contributed by atoms with Gasteiger partial charge in [-0.05, 0) is 17.5 Å². The number of alkyl halides is 3. The van der Waals surface area contributed by atoms with E-state index in [4.69, 9.17) is 5.26 Å². The summed E-state index contributed by atoms with van der Waals surface area (Å²) in [5.74, 6) is -0.695. The Morgan fingerprint density at radius 3 is 2.50 bits per heavy atom. The average molecular weight is 302 g/mol. The molecule has 1 heterocycles. The molecule has 0 unspecified atom stereocenters. The first-order valence-corrected chi connectivity index (χ1v) is 6.44. The number of pyridine rings is 1. The van der Waals surface area contributed by atoms with E-state index >= 15 is 0 Å². The molecule has 0 aliphatic carbocycles. The van der Waals surface area contributed by atoms with Gasteiger partial charge in [0.15, 0.2) is 0 Å². The van der Waals surface area contributed by atoms with E-state index in [1.807, 2.05) is 6.07 Å². The molecule has 0 amide bonds. The standard InChI is InChI=1S/C11H5F3N2O3S/c12-11(13,14)20(17,18)19-10-4-8-2-1-7(5-15)3-9(8)6-16-10/h1-4,6H. The second-order valence-corrected chi connectivity index (χ2v) is 5.22. The summed E-state index contributed by atoms with van der Waals surface area (Å²) in [5.41, 5.74) is -5.18. The fraction of sp³-hybridized carbons (Fsp3) is 0.0909. The number of nitriles is 1. The molecule has 0 spiro atoms. The van der Waals surface area contributed by atoms with Crippen LogP contribution in [0.5, 0.6) is 5.88 Å². The number of nitrogens with zero attached hydrogens (tertiary/aromatic N) is 2. The van der Waals surface area contributed by atoms with Crippen molar-refractivity contribution in [2.75, 3.05) is 0 Å². The lowest BCUT2D eigenvalue weighted by Gasteiger charge is -2.09. The molecule has 2 rings (SSSR count). The molecule has 0 bridgehead atoms. The van der Waals surface area contributed by atoms with Crippen molar-refractivity contribution in [1.29, 1.82) is 5.26 Å². The van der Waals surface area contributed by atoms with Crippen LogP contribution in [0, 0.1) is 11.3 Å². The smallest absolute Gasteiger partial charge is 0.355 e.